The molecule has 0 aromatic heterocycles. The molecule has 0 radical (unpaired) electrons. The molecule has 2 aromatic carbocycles. The van der Waals surface area contributed by atoms with Gasteiger partial charge in [-0.05, 0) is 55.5 Å². The summed E-state index contributed by atoms with van der Waals surface area (Å²) in [5, 5.41) is 2.55. The zero-order chi connectivity index (χ0) is 25.8. The Morgan fingerprint density at radius 3 is 2.31 bits per heavy atom. The zero-order valence-corrected chi connectivity index (χ0v) is 20.1. The fraction of sp³-hybridized carbons (Fsp3) is 0.250. The molecule has 0 bridgehead atoms. The lowest BCUT2D eigenvalue weighted by Crippen LogP contribution is -2.45. The summed E-state index contributed by atoms with van der Waals surface area (Å²) in [6.45, 7) is 6.59. The summed E-state index contributed by atoms with van der Waals surface area (Å²) in [7, 11) is -4.19. The number of hydrogen-bond donors (Lipinski definition) is 1. The van der Waals surface area contributed by atoms with Crippen LogP contribution in [-0.2, 0) is 29.1 Å². The molecule has 0 aliphatic carbocycles. The van der Waals surface area contributed by atoms with Gasteiger partial charge in [0.05, 0.1) is 29.2 Å². The summed E-state index contributed by atoms with van der Waals surface area (Å²) >= 11 is 0. The number of sulfonamides is 1. The van der Waals surface area contributed by atoms with Crippen molar-refractivity contribution in [3.05, 3.63) is 66.7 Å². The van der Waals surface area contributed by atoms with Crippen LogP contribution in [-0.4, -0.2) is 55.6 Å². The van der Waals surface area contributed by atoms with Gasteiger partial charge in [-0.1, -0.05) is 6.08 Å². The maximum absolute atomic E-state index is 13.4. The van der Waals surface area contributed by atoms with Crippen LogP contribution >= 0.6 is 0 Å². The first-order valence-electron chi connectivity index (χ1n) is 10.7. The van der Waals surface area contributed by atoms with Gasteiger partial charge >= 0.3 is 5.97 Å². The Morgan fingerprint density at radius 2 is 1.77 bits per heavy atom. The maximum Gasteiger partial charge on any atom is 0.338 e. The Kier molecular flexibility index (Phi) is 7.82. The van der Waals surface area contributed by atoms with Crippen molar-refractivity contribution in [2.45, 2.75) is 31.2 Å². The highest BCUT2D eigenvalue weighted by molar-refractivity contribution is 7.89. The average Bonchev–Trinajstić information content (AvgIpc) is 3.10. The van der Waals surface area contributed by atoms with Crippen molar-refractivity contribution >= 4 is 45.1 Å². The summed E-state index contributed by atoms with van der Waals surface area (Å²) < 4.78 is 32.6. The largest absolute Gasteiger partial charge is 0.462 e. The third-order valence-electron chi connectivity index (χ3n) is 5.20. The molecule has 1 unspecified atom stereocenters. The van der Waals surface area contributed by atoms with Crippen molar-refractivity contribution in [2.75, 3.05) is 23.4 Å². The van der Waals surface area contributed by atoms with Crippen molar-refractivity contribution in [3.63, 3.8) is 0 Å². The minimum Gasteiger partial charge on any atom is -0.462 e. The summed E-state index contributed by atoms with van der Waals surface area (Å²) in [4.78, 5) is 49.9. The fourth-order valence-electron chi connectivity index (χ4n) is 3.64. The van der Waals surface area contributed by atoms with Gasteiger partial charge < -0.3 is 10.1 Å². The van der Waals surface area contributed by atoms with Crippen LogP contribution < -0.4 is 10.2 Å². The van der Waals surface area contributed by atoms with E-state index in [2.05, 4.69) is 11.9 Å². The standard InChI is InChI=1S/C24H25N3O7S/c1-4-14-26(35(32,33)20-12-8-18(9-13-20)25-16(3)28)21-15-22(29)27(23(21)30)19-10-6-17(7-11-19)24(31)34-5-2/h4,6-13,21H,1,5,14-15H2,2-3H3,(H,25,28). The van der Waals surface area contributed by atoms with Crippen LogP contribution in [0.25, 0.3) is 0 Å². The Balaban J connectivity index is 1.88. The monoisotopic (exact) mass is 499 g/mol. The van der Waals surface area contributed by atoms with Gasteiger partial charge in [-0.25, -0.2) is 18.1 Å². The van der Waals surface area contributed by atoms with Crippen LogP contribution in [0.3, 0.4) is 0 Å². The lowest BCUT2D eigenvalue weighted by atomic mass is 10.2. The molecule has 1 atom stereocenters. The molecule has 1 N–H and O–H groups in total. The fourth-order valence-corrected chi connectivity index (χ4v) is 5.19. The van der Waals surface area contributed by atoms with Crippen molar-refractivity contribution in [3.8, 4) is 0 Å². The molecule has 184 valence electrons. The van der Waals surface area contributed by atoms with E-state index in [4.69, 9.17) is 4.74 Å². The van der Waals surface area contributed by atoms with E-state index in [9.17, 15) is 27.6 Å². The normalized spacial score (nSPS) is 15.9. The summed E-state index contributed by atoms with van der Waals surface area (Å²) in [5.41, 5.74) is 0.882. The number of nitrogens with zero attached hydrogens (tertiary/aromatic N) is 2. The lowest BCUT2D eigenvalue weighted by molar-refractivity contribution is -0.122. The predicted molar refractivity (Wildman–Crippen MR) is 128 cm³/mol. The highest BCUT2D eigenvalue weighted by Crippen LogP contribution is 2.30. The van der Waals surface area contributed by atoms with Crippen LogP contribution in [0.1, 0.15) is 30.6 Å². The van der Waals surface area contributed by atoms with Gasteiger partial charge in [-0.15, -0.1) is 6.58 Å². The van der Waals surface area contributed by atoms with Crippen molar-refractivity contribution in [1.29, 1.82) is 0 Å². The van der Waals surface area contributed by atoms with Crippen molar-refractivity contribution in [1.82, 2.24) is 4.31 Å². The van der Waals surface area contributed by atoms with Gasteiger partial charge in [-0.2, -0.15) is 4.31 Å². The van der Waals surface area contributed by atoms with Gasteiger partial charge in [0.1, 0.15) is 6.04 Å². The first kappa shape index (κ1) is 25.8. The summed E-state index contributed by atoms with van der Waals surface area (Å²) in [6.07, 6.45) is 0.979. The van der Waals surface area contributed by atoms with Crippen LogP contribution in [0, 0.1) is 0 Å². The number of imide groups is 1. The molecule has 0 spiro atoms. The van der Waals surface area contributed by atoms with Crippen LogP contribution in [0.4, 0.5) is 11.4 Å². The highest BCUT2D eigenvalue weighted by atomic mass is 32.2. The molecule has 1 saturated heterocycles. The van der Waals surface area contributed by atoms with Crippen molar-refractivity contribution in [2.24, 2.45) is 0 Å². The molecule has 3 rings (SSSR count). The molecular formula is C24H25N3O7S. The third-order valence-corrected chi connectivity index (χ3v) is 7.09. The Bertz CT molecular complexity index is 1260. The van der Waals surface area contributed by atoms with E-state index in [1.807, 2.05) is 0 Å². The van der Waals surface area contributed by atoms with E-state index in [1.165, 1.54) is 61.5 Å². The Labute approximate surface area is 203 Å². The molecule has 1 fully saturated rings. The van der Waals surface area contributed by atoms with Gasteiger partial charge in [0.25, 0.3) is 5.91 Å². The van der Waals surface area contributed by atoms with Crippen molar-refractivity contribution < 1.29 is 32.3 Å². The molecule has 2 aromatic rings. The average molecular weight is 500 g/mol. The van der Waals surface area contributed by atoms with E-state index in [1.54, 1.807) is 6.92 Å². The van der Waals surface area contributed by atoms with E-state index in [-0.39, 0.29) is 41.6 Å². The zero-order valence-electron chi connectivity index (χ0n) is 19.3. The molecule has 0 saturated carbocycles. The smallest absolute Gasteiger partial charge is 0.338 e. The number of carbonyl (C=O) groups is 4. The maximum atomic E-state index is 13.4. The number of anilines is 2. The molecule has 10 nitrogen and oxygen atoms in total. The van der Waals surface area contributed by atoms with Gasteiger partial charge in [0.15, 0.2) is 0 Å². The molecule has 1 aliphatic rings. The number of rotatable bonds is 9. The Morgan fingerprint density at radius 1 is 1.14 bits per heavy atom. The summed E-state index contributed by atoms with van der Waals surface area (Å²) in [5.74, 6) is -2.13. The minimum absolute atomic E-state index is 0.106. The quantitative estimate of drug-likeness (QED) is 0.318. The molecular weight excluding hydrogens is 474 g/mol. The van der Waals surface area contributed by atoms with Gasteiger partial charge in [0, 0.05) is 19.2 Å². The number of nitrogens with one attached hydrogen (secondary N) is 1. The second kappa shape index (κ2) is 10.6. The van der Waals surface area contributed by atoms with Crippen LogP contribution in [0.5, 0.6) is 0 Å². The topological polar surface area (TPSA) is 130 Å². The van der Waals surface area contributed by atoms with E-state index in [0.717, 1.165) is 9.21 Å². The first-order valence-corrected chi connectivity index (χ1v) is 12.2. The van der Waals surface area contributed by atoms with Crippen LogP contribution in [0.2, 0.25) is 0 Å². The highest BCUT2D eigenvalue weighted by Gasteiger charge is 2.46. The molecule has 35 heavy (non-hydrogen) atoms. The van der Waals surface area contributed by atoms with Gasteiger partial charge in [0.2, 0.25) is 21.8 Å². The predicted octanol–water partition coefficient (Wildman–Crippen LogP) is 2.33. The molecule has 1 heterocycles. The number of ether oxygens (including phenoxy) is 1. The van der Waals surface area contributed by atoms with Gasteiger partial charge in [-0.3, -0.25) is 14.4 Å². The van der Waals surface area contributed by atoms with E-state index < -0.39 is 33.8 Å². The third kappa shape index (κ3) is 5.47. The second-order valence-corrected chi connectivity index (χ2v) is 9.51. The number of amides is 3. The van der Waals surface area contributed by atoms with Crippen LogP contribution in [0.15, 0.2) is 66.1 Å². The number of esters is 1. The Hall–Kier alpha value is -3.83. The number of benzene rings is 2. The molecule has 3 amide bonds. The second-order valence-electron chi connectivity index (χ2n) is 7.62. The summed E-state index contributed by atoms with van der Waals surface area (Å²) in [6, 6.07) is 9.92. The first-order chi connectivity index (χ1) is 16.6. The molecule has 11 heteroatoms. The lowest BCUT2D eigenvalue weighted by Gasteiger charge is -2.25. The molecule has 1 aliphatic heterocycles. The SMILES string of the molecule is C=CCN(C1CC(=O)N(c2ccc(C(=O)OCC)cc2)C1=O)S(=O)(=O)c1ccc(NC(C)=O)cc1. The number of carbonyl (C=O) groups excluding carboxylic acids is 4. The van der Waals surface area contributed by atoms with E-state index >= 15 is 0 Å². The number of hydrogen-bond acceptors (Lipinski definition) is 7. The van der Waals surface area contributed by atoms with E-state index in [0.29, 0.717) is 5.69 Å². The minimum atomic E-state index is -4.19.